The van der Waals surface area contributed by atoms with Crippen LogP contribution in [0.25, 0.3) is 0 Å². The van der Waals surface area contributed by atoms with Crippen molar-refractivity contribution in [1.82, 2.24) is 0 Å². The van der Waals surface area contributed by atoms with Gasteiger partial charge in [0.15, 0.2) is 0 Å². The second-order valence-corrected chi connectivity index (χ2v) is 5.26. The molecule has 1 atom stereocenters. The average Bonchev–Trinajstić information content (AvgIpc) is 1.67. The summed E-state index contributed by atoms with van der Waals surface area (Å²) >= 11 is 1.07. The second-order valence-electron chi connectivity index (χ2n) is 2.84. The Morgan fingerprint density at radius 1 is 1.75 bits per heavy atom. The fourth-order valence-corrected chi connectivity index (χ4v) is 0.628. The number of aliphatic hydroxyl groups is 1. The first-order chi connectivity index (χ1) is 3.62. The summed E-state index contributed by atoms with van der Waals surface area (Å²) in [6.07, 6.45) is 0.857. The number of hydrogen-bond donors (Lipinski definition) is 2. The normalized spacial score (nSPS) is 17.9. The molecule has 0 aliphatic rings. The fraction of sp³-hybridized carbons (Fsp3) is 1.00. The van der Waals surface area contributed by atoms with Gasteiger partial charge in [0.2, 0.25) is 16.3 Å². The van der Waals surface area contributed by atoms with Crippen LogP contribution < -0.4 is 5.73 Å². The van der Waals surface area contributed by atoms with Crippen LogP contribution in [0.4, 0.5) is 0 Å². The molecule has 0 spiro atoms. The van der Waals surface area contributed by atoms with E-state index in [1.54, 1.807) is 0 Å². The molecule has 48 valence electrons. The van der Waals surface area contributed by atoms with Crippen LogP contribution in [0.2, 0.25) is 4.28 Å². The van der Waals surface area contributed by atoms with Gasteiger partial charge in [-0.05, 0) is 13.0 Å². The molecule has 0 rings (SSSR count). The van der Waals surface area contributed by atoms with Crippen molar-refractivity contribution >= 4 is 16.3 Å². The largest absolute Gasteiger partial charge is 0.396 e. The van der Waals surface area contributed by atoms with Gasteiger partial charge in [0.1, 0.15) is 0 Å². The van der Waals surface area contributed by atoms with Crippen molar-refractivity contribution in [2.75, 3.05) is 13.2 Å². The van der Waals surface area contributed by atoms with Crippen molar-refractivity contribution in [3.05, 3.63) is 0 Å². The van der Waals surface area contributed by atoms with E-state index in [4.69, 9.17) is 10.8 Å². The number of hydrogen-bond acceptors (Lipinski definition) is 2. The third kappa shape index (κ3) is 3.45. The van der Waals surface area contributed by atoms with Gasteiger partial charge in [0, 0.05) is 6.61 Å². The number of nitrogens with two attached hydrogens (primary N) is 1. The van der Waals surface area contributed by atoms with Gasteiger partial charge in [-0.1, -0.05) is 11.2 Å². The van der Waals surface area contributed by atoms with Crippen LogP contribution in [0.3, 0.4) is 0 Å². The first-order valence-electron chi connectivity index (χ1n) is 2.93. The molecule has 0 amide bonds. The predicted molar refractivity (Wildman–Crippen MR) is 37.7 cm³/mol. The van der Waals surface area contributed by atoms with Crippen LogP contribution in [0.1, 0.15) is 13.3 Å². The van der Waals surface area contributed by atoms with Gasteiger partial charge in [-0.2, -0.15) is 0 Å². The number of aliphatic hydroxyl groups excluding tert-OH is 1. The zero-order chi connectivity index (χ0) is 6.62. The summed E-state index contributed by atoms with van der Waals surface area (Å²) in [6, 6.07) is 0. The summed E-state index contributed by atoms with van der Waals surface area (Å²) in [5.41, 5.74) is 5.42. The standard InChI is InChI=1S/C5H12NO.Al.2H/c1-5(4-6)2-3-7;;;/h7H,2-4,6H2,1H3;;;. The smallest absolute Gasteiger partial charge is 0.223 e. The summed E-state index contributed by atoms with van der Waals surface area (Å²) in [4.78, 5) is 0. The van der Waals surface area contributed by atoms with Crippen LogP contribution in [-0.2, 0) is 0 Å². The molecule has 2 nitrogen and oxygen atoms in total. The van der Waals surface area contributed by atoms with Crippen molar-refractivity contribution < 1.29 is 5.11 Å². The highest BCUT2D eigenvalue weighted by molar-refractivity contribution is 6.15. The van der Waals surface area contributed by atoms with Crippen molar-refractivity contribution in [3.8, 4) is 0 Å². The lowest BCUT2D eigenvalue weighted by Crippen LogP contribution is -2.21. The molecule has 3 N–H and O–H groups in total. The quantitative estimate of drug-likeness (QED) is 0.489. The molecule has 0 unspecified atom stereocenters. The van der Waals surface area contributed by atoms with Crippen LogP contribution in [0.5, 0.6) is 0 Å². The average molecular weight is 131 g/mol. The molecule has 8 heavy (non-hydrogen) atoms. The lowest BCUT2D eigenvalue weighted by molar-refractivity contribution is 0.269. The molecule has 0 bridgehead atoms. The lowest BCUT2D eigenvalue weighted by Gasteiger charge is -2.20. The Morgan fingerprint density at radius 2 is 2.25 bits per heavy atom. The second kappa shape index (κ2) is 3.47. The number of rotatable bonds is 3. The van der Waals surface area contributed by atoms with E-state index >= 15 is 0 Å². The molecular weight excluding hydrogens is 117 g/mol. The summed E-state index contributed by atoms with van der Waals surface area (Å²) in [5, 5.41) is 8.50. The van der Waals surface area contributed by atoms with Crippen molar-refractivity contribution in [1.29, 1.82) is 0 Å². The highest BCUT2D eigenvalue weighted by Crippen LogP contribution is 2.21. The van der Waals surface area contributed by atoms with Crippen LogP contribution in [-0.4, -0.2) is 34.5 Å². The monoisotopic (exact) mass is 131 g/mol. The maximum absolute atomic E-state index is 8.50. The van der Waals surface area contributed by atoms with Crippen LogP contribution >= 0.6 is 0 Å². The highest BCUT2D eigenvalue weighted by atomic mass is 27.0. The SMILES string of the molecule is C[C@]([AlH2])(CN)CCO. The van der Waals surface area contributed by atoms with E-state index in [0.29, 0.717) is 6.54 Å². The Hall–Kier alpha value is 0.452. The molecule has 3 heteroatoms. The lowest BCUT2D eigenvalue weighted by atomic mass is 10.1. The maximum Gasteiger partial charge on any atom is 0.223 e. The van der Waals surface area contributed by atoms with Gasteiger partial charge in [0.25, 0.3) is 0 Å². The maximum atomic E-state index is 8.50. The topological polar surface area (TPSA) is 46.2 Å². The Kier molecular flexibility index (Phi) is 3.67. The molecule has 0 heterocycles. The molecular formula is C5H14AlNO. The van der Waals surface area contributed by atoms with E-state index in [1.807, 2.05) is 0 Å². The minimum absolute atomic E-state index is 0.259. The Labute approximate surface area is 58.5 Å². The minimum atomic E-state index is 0.259. The predicted octanol–water partition coefficient (Wildman–Crippen LogP) is -0.861. The first kappa shape index (κ1) is 8.45. The molecule has 0 aromatic heterocycles. The summed E-state index contributed by atoms with van der Waals surface area (Å²) in [5.74, 6) is 0. The summed E-state index contributed by atoms with van der Waals surface area (Å²) in [6.45, 7) is 3.09. The van der Waals surface area contributed by atoms with E-state index in [0.717, 1.165) is 22.7 Å². The van der Waals surface area contributed by atoms with Crippen LogP contribution in [0.15, 0.2) is 0 Å². The Bertz CT molecular complexity index is 65.4. The first-order valence-corrected chi connectivity index (χ1v) is 3.93. The zero-order valence-electron chi connectivity index (χ0n) is 5.65. The van der Waals surface area contributed by atoms with E-state index in [9.17, 15) is 0 Å². The van der Waals surface area contributed by atoms with Gasteiger partial charge in [-0.15, -0.1) is 0 Å². The van der Waals surface area contributed by atoms with Gasteiger partial charge in [-0.25, -0.2) is 0 Å². The van der Waals surface area contributed by atoms with Crippen molar-refractivity contribution in [2.24, 2.45) is 5.73 Å². The summed E-state index contributed by atoms with van der Waals surface area (Å²) in [7, 11) is 0. The summed E-state index contributed by atoms with van der Waals surface area (Å²) < 4.78 is 0.259. The molecule has 0 aromatic rings. The molecule has 0 aliphatic carbocycles. The highest BCUT2D eigenvalue weighted by Gasteiger charge is 2.13. The molecule has 0 fully saturated rings. The Morgan fingerprint density at radius 3 is 2.38 bits per heavy atom. The molecule has 0 aromatic carbocycles. The third-order valence-corrected chi connectivity index (χ3v) is 2.25. The fourth-order valence-electron chi connectivity index (χ4n) is 0.405. The minimum Gasteiger partial charge on any atom is -0.396 e. The van der Waals surface area contributed by atoms with Gasteiger partial charge in [-0.3, -0.25) is 0 Å². The Balaban J connectivity index is 3.37. The van der Waals surface area contributed by atoms with Gasteiger partial charge < -0.3 is 10.8 Å². The van der Waals surface area contributed by atoms with Crippen LogP contribution in [0, 0.1) is 0 Å². The molecule has 0 saturated heterocycles. The molecule has 0 saturated carbocycles. The van der Waals surface area contributed by atoms with E-state index < -0.39 is 0 Å². The van der Waals surface area contributed by atoms with E-state index in [-0.39, 0.29) is 10.9 Å². The van der Waals surface area contributed by atoms with Crippen molar-refractivity contribution in [2.45, 2.75) is 17.6 Å². The van der Waals surface area contributed by atoms with E-state index in [2.05, 4.69) is 6.92 Å². The van der Waals surface area contributed by atoms with Gasteiger partial charge in [0.05, 0.1) is 0 Å². The zero-order valence-corrected chi connectivity index (χ0v) is 7.65. The molecule has 0 aliphatic heterocycles. The van der Waals surface area contributed by atoms with Gasteiger partial charge >= 0.3 is 0 Å². The molecule has 0 radical (unpaired) electrons. The third-order valence-electron chi connectivity index (χ3n) is 1.34. The van der Waals surface area contributed by atoms with Crippen molar-refractivity contribution in [3.63, 3.8) is 0 Å². The van der Waals surface area contributed by atoms with E-state index in [1.165, 1.54) is 0 Å².